The summed E-state index contributed by atoms with van der Waals surface area (Å²) in [6.45, 7) is 15.9. The van der Waals surface area contributed by atoms with Gasteiger partial charge < -0.3 is 99.2 Å². The summed E-state index contributed by atoms with van der Waals surface area (Å²) >= 11 is 0. The number of rotatable bonds is 10. The number of aliphatic hydroxyl groups excluding tert-OH is 12. The molecule has 74 heavy (non-hydrogen) atoms. The summed E-state index contributed by atoms with van der Waals surface area (Å²) in [5.41, 5.74) is -0.843. The van der Waals surface area contributed by atoms with Crippen LogP contribution in [0.5, 0.6) is 0 Å². The molecule has 0 bridgehead atoms. The Morgan fingerprint density at radius 2 is 1.19 bits per heavy atom. The minimum Gasteiger partial charge on any atom is -0.432 e. The van der Waals surface area contributed by atoms with Gasteiger partial charge in [-0.05, 0) is 116 Å². The van der Waals surface area contributed by atoms with Crippen molar-refractivity contribution in [2.45, 2.75) is 242 Å². The Morgan fingerprint density at radius 1 is 0.608 bits per heavy atom. The minimum atomic E-state index is -1.78. The highest BCUT2D eigenvalue weighted by Crippen LogP contribution is 2.76. The lowest BCUT2D eigenvalue weighted by Gasteiger charge is -2.71. The van der Waals surface area contributed by atoms with E-state index < -0.39 is 153 Å². The van der Waals surface area contributed by atoms with Crippen LogP contribution in [0.25, 0.3) is 0 Å². The molecular weight excluding hydrogens is 973 g/mol. The van der Waals surface area contributed by atoms with Crippen molar-refractivity contribution in [1.29, 1.82) is 0 Å². The van der Waals surface area contributed by atoms with Crippen LogP contribution in [0, 0.1) is 50.2 Å². The zero-order chi connectivity index (χ0) is 54.0. The minimum absolute atomic E-state index is 0.0771. The van der Waals surface area contributed by atoms with Gasteiger partial charge in [-0.15, -0.1) is 0 Å². The Hall–Kier alpha value is -1.55. The van der Waals surface area contributed by atoms with Crippen molar-refractivity contribution in [3.63, 3.8) is 0 Å². The fraction of sp³-hybridized carbons (Fsp3) is 0.943. The second-order valence-corrected chi connectivity index (χ2v) is 25.8. The summed E-state index contributed by atoms with van der Waals surface area (Å²) in [5.74, 6) is -0.274. The van der Waals surface area contributed by atoms with Gasteiger partial charge in [0.05, 0.1) is 37.4 Å². The second-order valence-electron chi connectivity index (χ2n) is 25.8. The van der Waals surface area contributed by atoms with Crippen LogP contribution in [0.4, 0.5) is 0 Å². The molecule has 424 valence electrons. The molecule has 5 aliphatic carbocycles. The lowest BCUT2D eigenvalue weighted by molar-refractivity contribution is -0.380. The molecule has 4 saturated heterocycles. The van der Waals surface area contributed by atoms with Gasteiger partial charge in [-0.25, -0.2) is 0 Å². The van der Waals surface area contributed by atoms with E-state index in [2.05, 4.69) is 54.5 Å². The highest BCUT2D eigenvalue weighted by molar-refractivity contribution is 5.79. The molecule has 0 radical (unpaired) electrons. The molecule has 0 aromatic heterocycles. The summed E-state index contributed by atoms with van der Waals surface area (Å²) in [6, 6.07) is 0. The Bertz CT molecular complexity index is 2040. The van der Waals surface area contributed by atoms with Gasteiger partial charge in [-0.1, -0.05) is 60.1 Å². The molecule has 9 rings (SSSR count). The van der Waals surface area contributed by atoms with Crippen LogP contribution in [-0.4, -0.2) is 210 Å². The molecule has 12 N–H and O–H groups in total. The molecule has 0 spiro atoms. The number of ether oxygens (including phenoxy) is 8. The van der Waals surface area contributed by atoms with Crippen LogP contribution in [0.15, 0.2) is 11.6 Å². The van der Waals surface area contributed by atoms with Crippen molar-refractivity contribution in [2.24, 2.45) is 50.2 Å². The monoisotopic (exact) mass is 1060 g/mol. The van der Waals surface area contributed by atoms with Gasteiger partial charge in [0, 0.05) is 0 Å². The first-order valence-electron chi connectivity index (χ1n) is 27.1. The van der Waals surface area contributed by atoms with E-state index in [0.717, 1.165) is 44.9 Å². The van der Waals surface area contributed by atoms with Gasteiger partial charge in [0.1, 0.15) is 85.5 Å². The summed E-state index contributed by atoms with van der Waals surface area (Å²) in [6.07, 6.45) is -19.6. The van der Waals surface area contributed by atoms with Gasteiger partial charge in [0.25, 0.3) is 0 Å². The number of hydrogen-bond acceptors (Lipinski definition) is 21. The summed E-state index contributed by atoms with van der Waals surface area (Å²) in [7, 11) is 0. The van der Waals surface area contributed by atoms with Crippen molar-refractivity contribution < 1.29 is 104 Å². The van der Waals surface area contributed by atoms with Crippen LogP contribution in [0.1, 0.15) is 120 Å². The zero-order valence-corrected chi connectivity index (χ0v) is 44.1. The number of esters is 1. The molecule has 4 heterocycles. The molecular formula is C53H86O21. The number of aliphatic hydroxyl groups is 12. The third-order valence-electron chi connectivity index (χ3n) is 21.0. The van der Waals surface area contributed by atoms with Crippen molar-refractivity contribution in [1.82, 2.24) is 0 Å². The van der Waals surface area contributed by atoms with Crippen molar-refractivity contribution in [3.05, 3.63) is 11.6 Å². The van der Waals surface area contributed by atoms with Crippen LogP contribution in [0.2, 0.25) is 0 Å². The van der Waals surface area contributed by atoms with Crippen LogP contribution in [-0.2, 0) is 42.7 Å². The Labute approximate surface area is 433 Å². The predicted molar refractivity (Wildman–Crippen MR) is 255 cm³/mol. The van der Waals surface area contributed by atoms with Crippen molar-refractivity contribution >= 4 is 5.97 Å². The Kier molecular flexibility index (Phi) is 15.8. The number of fused-ring (bicyclic) bond motifs is 7. The average molecular weight is 1060 g/mol. The molecule has 27 atom stereocenters. The molecule has 9 aliphatic rings. The number of hydrogen-bond donors (Lipinski definition) is 12. The molecule has 0 aromatic rings. The summed E-state index contributed by atoms with van der Waals surface area (Å²) < 4.78 is 48.6. The topological polar surface area (TPSA) is 334 Å². The maximum Gasteiger partial charge on any atom is 0.315 e. The summed E-state index contributed by atoms with van der Waals surface area (Å²) in [4.78, 5) is 14.8. The molecule has 8 fully saturated rings. The molecule has 21 nitrogen and oxygen atoms in total. The highest BCUT2D eigenvalue weighted by atomic mass is 16.8. The smallest absolute Gasteiger partial charge is 0.315 e. The van der Waals surface area contributed by atoms with E-state index in [1.54, 1.807) is 0 Å². The molecule has 0 unspecified atom stereocenters. The predicted octanol–water partition coefficient (Wildman–Crippen LogP) is -0.369. The SMILES string of the molecule is C[C@@H]1O[C@@H](O[C@H]2[C@H](O[C@H]3CC[C@]4(C)[C@H]5CC=C6[C@@H]7CC(C)(C)CC[C@]7(C(=O)O[C@@H]7O[C@H](CO)[C@@H](O)[C@H](O)[C@H]7O)CC[C@@]6(C)[C@]5(C)CC[C@H]4C3(C)C)OC[C@H](O[C@@H]3O[C@H](CO)[C@@H](O)[C@H](O)[C@H]3O)[C@@H]2O)[C@H](O)[C@H](O)[C@H]1O. The maximum absolute atomic E-state index is 14.8. The first-order chi connectivity index (χ1) is 34.6. The standard InChI is InChI=1S/C53H86O21/c1-23-32(56)36(60)39(63)43(68-23)73-42-35(59)28(71-44-40(64)37(61)33(57)26(20-54)69-44)22-67-46(42)72-31-12-13-50(6)29(49(31,4)5)11-14-52(8)30(50)10-9-24-25-19-48(2,3)15-17-53(25,18-16-51(24,52)7)47(66)74-45-41(65)38(62)34(58)27(21-55)70-45/h9,23,25-46,54-65H,10-22H2,1-8H3/t23-,25-,26+,27+,28-,29-,30+,31-,32-,33+,34+,35-,36+,37-,38-,39+,40+,41+,42+,43-,44-,45-,46-,50-,51+,52+,53-/m0/s1. The number of carbonyl (C=O) groups is 1. The molecule has 21 heteroatoms. The van der Waals surface area contributed by atoms with Crippen molar-refractivity contribution in [3.8, 4) is 0 Å². The fourth-order valence-electron chi connectivity index (χ4n) is 16.1. The van der Waals surface area contributed by atoms with E-state index in [4.69, 9.17) is 37.9 Å². The zero-order valence-electron chi connectivity index (χ0n) is 44.1. The van der Waals surface area contributed by atoms with E-state index in [-0.39, 0.29) is 46.0 Å². The maximum atomic E-state index is 14.8. The lowest BCUT2D eigenvalue weighted by Crippen LogP contribution is -2.66. The quantitative estimate of drug-likeness (QED) is 0.0755. The molecule has 4 saturated carbocycles. The third kappa shape index (κ3) is 9.17. The van der Waals surface area contributed by atoms with E-state index in [0.29, 0.717) is 19.3 Å². The molecule has 0 amide bonds. The number of allylic oxidation sites excluding steroid dienone is 2. The van der Waals surface area contributed by atoms with Gasteiger partial charge in [0.2, 0.25) is 6.29 Å². The van der Waals surface area contributed by atoms with Gasteiger partial charge >= 0.3 is 5.97 Å². The van der Waals surface area contributed by atoms with Crippen LogP contribution in [0.3, 0.4) is 0 Å². The van der Waals surface area contributed by atoms with Gasteiger partial charge in [0.15, 0.2) is 18.9 Å². The lowest BCUT2D eigenvalue weighted by atomic mass is 9.33. The first kappa shape index (κ1) is 57.1. The Balaban J connectivity index is 0.953. The average Bonchev–Trinajstić information content (AvgIpc) is 3.35. The number of carbonyl (C=O) groups excluding carboxylic acids is 1. The van der Waals surface area contributed by atoms with Crippen molar-refractivity contribution in [2.75, 3.05) is 19.8 Å². The Morgan fingerprint density at radius 3 is 1.82 bits per heavy atom. The van der Waals surface area contributed by atoms with Gasteiger partial charge in [-0.2, -0.15) is 0 Å². The van der Waals surface area contributed by atoms with Crippen LogP contribution >= 0.6 is 0 Å². The summed E-state index contributed by atoms with van der Waals surface area (Å²) in [5, 5.41) is 127. The van der Waals surface area contributed by atoms with E-state index >= 15 is 0 Å². The third-order valence-corrected chi connectivity index (χ3v) is 21.0. The highest BCUT2D eigenvalue weighted by Gasteiger charge is 2.70. The fourth-order valence-corrected chi connectivity index (χ4v) is 16.1. The van der Waals surface area contributed by atoms with E-state index in [1.165, 1.54) is 12.5 Å². The van der Waals surface area contributed by atoms with Gasteiger partial charge in [-0.3, -0.25) is 4.79 Å². The largest absolute Gasteiger partial charge is 0.432 e. The second kappa shape index (κ2) is 20.5. The molecule has 0 aromatic carbocycles. The van der Waals surface area contributed by atoms with Crippen LogP contribution < -0.4 is 0 Å². The van der Waals surface area contributed by atoms with E-state index in [1.807, 2.05) is 0 Å². The van der Waals surface area contributed by atoms with E-state index in [9.17, 15) is 66.1 Å². The first-order valence-corrected chi connectivity index (χ1v) is 27.1. The normalized spacial score (nSPS) is 54.1. The molecule has 4 aliphatic heterocycles.